The SMILES string of the molecule is CC(C)(C)OC(=O)N1CCC(F)([C@@H](N[S@@+]([O-])C(C)(C)C)[C@@H](F)S(=O)(=O)c2ccccc2)CC1. The molecule has 1 aliphatic rings. The number of alkyl halides is 2. The summed E-state index contributed by atoms with van der Waals surface area (Å²) >= 11 is -1.94. The van der Waals surface area contributed by atoms with E-state index in [9.17, 15) is 17.8 Å². The number of amides is 1. The van der Waals surface area contributed by atoms with E-state index >= 15 is 8.78 Å². The Kier molecular flexibility index (Phi) is 8.47. The van der Waals surface area contributed by atoms with Gasteiger partial charge < -0.3 is 14.2 Å². The summed E-state index contributed by atoms with van der Waals surface area (Å²) in [6.07, 6.45) is -1.30. The Labute approximate surface area is 198 Å². The molecule has 0 unspecified atom stereocenters. The highest BCUT2D eigenvalue weighted by molar-refractivity contribution is 7.92. The number of rotatable bonds is 6. The topological polar surface area (TPSA) is 98.8 Å². The zero-order valence-electron chi connectivity index (χ0n) is 19.9. The van der Waals surface area contributed by atoms with E-state index in [0.717, 1.165) is 0 Å². The number of nitrogens with one attached hydrogen (secondary N) is 1. The highest BCUT2D eigenvalue weighted by Crippen LogP contribution is 2.37. The van der Waals surface area contributed by atoms with E-state index in [1.807, 2.05) is 0 Å². The second-order valence-corrected chi connectivity index (χ2v) is 14.2. The lowest BCUT2D eigenvalue weighted by Gasteiger charge is -2.42. The molecule has 0 spiro atoms. The summed E-state index contributed by atoms with van der Waals surface area (Å²) in [7, 11) is -4.58. The number of halogens is 2. The van der Waals surface area contributed by atoms with Crippen LogP contribution in [0.1, 0.15) is 54.4 Å². The molecule has 3 atom stereocenters. The summed E-state index contributed by atoms with van der Waals surface area (Å²) in [5.41, 5.74) is -5.78. The maximum Gasteiger partial charge on any atom is 0.410 e. The molecule has 1 aliphatic heterocycles. The second-order valence-electron chi connectivity index (χ2n) is 10.2. The second kappa shape index (κ2) is 10.1. The highest BCUT2D eigenvalue weighted by Gasteiger charge is 2.54. The Morgan fingerprint density at radius 1 is 1.15 bits per heavy atom. The fraction of sp³-hybridized carbons (Fsp3) is 0.682. The van der Waals surface area contributed by atoms with Crippen LogP contribution in [0.25, 0.3) is 0 Å². The van der Waals surface area contributed by atoms with Crippen molar-refractivity contribution < 1.29 is 31.3 Å². The monoisotopic (exact) mass is 508 g/mol. The Bertz CT molecular complexity index is 909. The first-order valence-electron chi connectivity index (χ1n) is 10.8. The van der Waals surface area contributed by atoms with Gasteiger partial charge in [-0.05, 0) is 53.7 Å². The molecule has 0 bridgehead atoms. The minimum Gasteiger partial charge on any atom is -0.598 e. The van der Waals surface area contributed by atoms with Crippen LogP contribution in [-0.2, 0) is 25.9 Å². The van der Waals surface area contributed by atoms with Gasteiger partial charge in [-0.2, -0.15) is 0 Å². The van der Waals surface area contributed by atoms with E-state index < -0.39 is 54.9 Å². The van der Waals surface area contributed by atoms with Crippen molar-refractivity contribution in [2.24, 2.45) is 0 Å². The number of likely N-dealkylation sites (tertiary alicyclic amines) is 1. The molecule has 33 heavy (non-hydrogen) atoms. The average Bonchev–Trinajstić information content (AvgIpc) is 2.70. The van der Waals surface area contributed by atoms with E-state index in [1.54, 1.807) is 47.6 Å². The van der Waals surface area contributed by atoms with Gasteiger partial charge in [0, 0.05) is 37.3 Å². The van der Waals surface area contributed by atoms with Crippen LogP contribution in [0.4, 0.5) is 13.6 Å². The number of piperidine rings is 1. The van der Waals surface area contributed by atoms with E-state index in [1.165, 1.54) is 29.2 Å². The summed E-state index contributed by atoms with van der Waals surface area (Å²) in [4.78, 5) is 13.3. The first-order chi connectivity index (χ1) is 15.0. The third-order valence-corrected chi connectivity index (χ3v) is 8.60. The molecule has 0 aromatic heterocycles. The lowest BCUT2D eigenvalue weighted by Crippen LogP contribution is -2.62. The maximum atomic E-state index is 16.2. The third kappa shape index (κ3) is 7.03. The number of nitrogens with zero attached hydrogens (tertiary/aromatic N) is 1. The predicted octanol–water partition coefficient (Wildman–Crippen LogP) is 3.92. The highest BCUT2D eigenvalue weighted by atomic mass is 32.2. The van der Waals surface area contributed by atoms with Gasteiger partial charge in [0.25, 0.3) is 0 Å². The molecule has 11 heteroatoms. The number of ether oxygens (including phenoxy) is 1. The van der Waals surface area contributed by atoms with Gasteiger partial charge in [-0.25, -0.2) is 22.0 Å². The first-order valence-corrected chi connectivity index (χ1v) is 13.4. The molecule has 7 nitrogen and oxygen atoms in total. The average molecular weight is 509 g/mol. The Morgan fingerprint density at radius 3 is 2.12 bits per heavy atom. The standard InChI is InChI=1S/C22H34F2N2O5S2/c1-20(2,3)31-19(27)26-14-12-22(24,13-15-26)17(25-32(28)21(4,5)6)18(23)33(29,30)16-10-8-7-9-11-16/h7-11,17-18,25H,12-15H2,1-6H3/t17-,18-,32-/m0/s1. The normalized spacial score (nSPS) is 20.1. The van der Waals surface area contributed by atoms with Gasteiger partial charge in [0.2, 0.25) is 15.3 Å². The van der Waals surface area contributed by atoms with Crippen LogP contribution in [0, 0.1) is 0 Å². The van der Waals surface area contributed by atoms with Crippen LogP contribution in [0.2, 0.25) is 0 Å². The number of carbonyl (C=O) groups is 1. The first kappa shape index (κ1) is 27.8. The molecule has 1 fully saturated rings. The van der Waals surface area contributed by atoms with Crippen molar-refractivity contribution >= 4 is 27.3 Å². The van der Waals surface area contributed by atoms with Crippen LogP contribution in [-0.4, -0.2) is 64.6 Å². The molecule has 1 amide bonds. The van der Waals surface area contributed by atoms with E-state index in [2.05, 4.69) is 4.72 Å². The van der Waals surface area contributed by atoms with Crippen LogP contribution >= 0.6 is 0 Å². The van der Waals surface area contributed by atoms with Crippen molar-refractivity contribution in [1.82, 2.24) is 9.62 Å². The number of hydrogen-bond donors (Lipinski definition) is 1. The molecule has 1 aromatic rings. The van der Waals surface area contributed by atoms with Crippen molar-refractivity contribution in [2.45, 2.75) is 86.8 Å². The van der Waals surface area contributed by atoms with Gasteiger partial charge in [0.15, 0.2) is 0 Å². The molecule has 0 aliphatic carbocycles. The van der Waals surface area contributed by atoms with Crippen LogP contribution in [0.5, 0.6) is 0 Å². The molecule has 1 aromatic carbocycles. The summed E-state index contributed by atoms with van der Waals surface area (Å²) in [5, 5.41) is 0. The molecule has 1 heterocycles. The minimum atomic E-state index is -4.58. The molecule has 1 N–H and O–H groups in total. The lowest BCUT2D eigenvalue weighted by molar-refractivity contribution is -0.00947. The Hall–Kier alpha value is -1.43. The molecular formula is C22H34F2N2O5S2. The van der Waals surface area contributed by atoms with E-state index in [4.69, 9.17) is 4.74 Å². The number of hydrogen-bond acceptors (Lipinski definition) is 6. The quantitative estimate of drug-likeness (QED) is 0.585. The number of sulfone groups is 1. The fourth-order valence-electron chi connectivity index (χ4n) is 3.30. The molecule has 188 valence electrons. The molecule has 0 radical (unpaired) electrons. The zero-order valence-corrected chi connectivity index (χ0v) is 21.6. The molecular weight excluding hydrogens is 474 g/mol. The van der Waals surface area contributed by atoms with Crippen molar-refractivity contribution in [2.75, 3.05) is 13.1 Å². The maximum absolute atomic E-state index is 16.2. The number of carbonyl (C=O) groups excluding carboxylic acids is 1. The largest absolute Gasteiger partial charge is 0.598 e. The van der Waals surface area contributed by atoms with Gasteiger partial charge in [0.05, 0.1) is 4.90 Å². The molecule has 1 saturated heterocycles. The summed E-state index contributed by atoms with van der Waals surface area (Å²) in [5.74, 6) is 0. The van der Waals surface area contributed by atoms with Crippen LogP contribution in [0.3, 0.4) is 0 Å². The van der Waals surface area contributed by atoms with Gasteiger partial charge >= 0.3 is 6.09 Å². The van der Waals surface area contributed by atoms with Gasteiger partial charge in [-0.3, -0.25) is 0 Å². The molecule has 0 saturated carbocycles. The van der Waals surface area contributed by atoms with Crippen LogP contribution < -0.4 is 4.72 Å². The van der Waals surface area contributed by atoms with Crippen molar-refractivity contribution in [3.63, 3.8) is 0 Å². The zero-order chi connectivity index (χ0) is 25.2. The van der Waals surface area contributed by atoms with Gasteiger partial charge in [-0.1, -0.05) is 18.2 Å². The third-order valence-electron chi connectivity index (χ3n) is 5.22. The van der Waals surface area contributed by atoms with Crippen molar-refractivity contribution in [3.05, 3.63) is 30.3 Å². The lowest BCUT2D eigenvalue weighted by atomic mass is 9.87. The summed E-state index contributed by atoms with van der Waals surface area (Å²) < 4.78 is 77.3. The summed E-state index contributed by atoms with van der Waals surface area (Å²) in [6.45, 7) is 9.77. The van der Waals surface area contributed by atoms with Crippen LogP contribution in [0.15, 0.2) is 35.2 Å². The van der Waals surface area contributed by atoms with E-state index in [0.29, 0.717) is 0 Å². The van der Waals surface area contributed by atoms with Crippen molar-refractivity contribution in [1.29, 1.82) is 0 Å². The van der Waals surface area contributed by atoms with E-state index in [-0.39, 0.29) is 30.8 Å². The smallest absolute Gasteiger partial charge is 0.410 e. The Balaban J connectivity index is 2.32. The summed E-state index contributed by atoms with van der Waals surface area (Å²) in [6, 6.07) is 5.04. The van der Waals surface area contributed by atoms with Gasteiger partial charge in [0.1, 0.15) is 22.1 Å². The van der Waals surface area contributed by atoms with Crippen molar-refractivity contribution in [3.8, 4) is 0 Å². The number of benzene rings is 1. The Morgan fingerprint density at radius 2 is 1.67 bits per heavy atom. The fourth-order valence-corrected chi connectivity index (χ4v) is 5.77. The minimum absolute atomic E-state index is 0.0934. The molecule has 2 rings (SSSR count). The predicted molar refractivity (Wildman–Crippen MR) is 124 cm³/mol. The van der Waals surface area contributed by atoms with Gasteiger partial charge in [-0.15, -0.1) is 4.72 Å².